The van der Waals surface area contributed by atoms with Crippen LogP contribution in [0.4, 0.5) is 5.69 Å². The molecule has 3 heteroatoms. The monoisotopic (exact) mass is 317 g/mol. The van der Waals surface area contributed by atoms with Crippen molar-refractivity contribution in [1.29, 1.82) is 0 Å². The minimum Gasteiger partial charge on any atom is -0.508 e. The predicted octanol–water partition coefficient (Wildman–Crippen LogP) is 4.64. The molecule has 2 aromatic rings. The predicted molar refractivity (Wildman–Crippen MR) is 81.6 cm³/mol. The topological polar surface area (TPSA) is 32.3 Å². The Balaban J connectivity index is 1.87. The van der Waals surface area contributed by atoms with Crippen LogP contribution in [0.15, 0.2) is 46.9 Å². The summed E-state index contributed by atoms with van der Waals surface area (Å²) in [6.45, 7) is 0. The second-order valence-electron chi connectivity index (χ2n) is 4.98. The van der Waals surface area contributed by atoms with Gasteiger partial charge in [0.25, 0.3) is 0 Å². The summed E-state index contributed by atoms with van der Waals surface area (Å²) in [4.78, 5) is 0. The standard InChI is InChI=1S/C16H16BrNO/c17-12-4-2-5-13(10-12)18-16-6-1-3-11-9-14(19)7-8-15(11)16/h2,4-5,7-10,16,18-19H,1,3,6H2. The summed E-state index contributed by atoms with van der Waals surface area (Å²) in [7, 11) is 0. The number of aryl methyl sites for hydroxylation is 1. The van der Waals surface area contributed by atoms with E-state index < -0.39 is 0 Å². The quantitative estimate of drug-likeness (QED) is 0.845. The maximum atomic E-state index is 9.57. The van der Waals surface area contributed by atoms with Gasteiger partial charge in [0, 0.05) is 10.2 Å². The van der Waals surface area contributed by atoms with Gasteiger partial charge in [-0.3, -0.25) is 0 Å². The minimum atomic E-state index is 0.332. The third-order valence-electron chi connectivity index (χ3n) is 3.61. The summed E-state index contributed by atoms with van der Waals surface area (Å²) in [5, 5.41) is 13.2. The first kappa shape index (κ1) is 12.5. The number of phenols is 1. The van der Waals surface area contributed by atoms with Crippen LogP contribution in [0, 0.1) is 0 Å². The van der Waals surface area contributed by atoms with Crippen LogP contribution in [0.2, 0.25) is 0 Å². The summed E-state index contributed by atoms with van der Waals surface area (Å²) < 4.78 is 1.08. The van der Waals surface area contributed by atoms with E-state index in [2.05, 4.69) is 33.4 Å². The molecule has 0 bridgehead atoms. The molecule has 0 amide bonds. The van der Waals surface area contributed by atoms with Crippen LogP contribution >= 0.6 is 15.9 Å². The van der Waals surface area contributed by atoms with Crippen LogP contribution < -0.4 is 5.32 Å². The Hall–Kier alpha value is -1.48. The molecule has 0 aromatic heterocycles. The normalized spacial score (nSPS) is 17.8. The van der Waals surface area contributed by atoms with E-state index in [1.807, 2.05) is 24.3 Å². The highest BCUT2D eigenvalue weighted by atomic mass is 79.9. The van der Waals surface area contributed by atoms with Crippen molar-refractivity contribution < 1.29 is 5.11 Å². The van der Waals surface area contributed by atoms with Gasteiger partial charge in [0.15, 0.2) is 0 Å². The van der Waals surface area contributed by atoms with Crippen LogP contribution in [-0.4, -0.2) is 5.11 Å². The van der Waals surface area contributed by atoms with Crippen molar-refractivity contribution >= 4 is 21.6 Å². The highest BCUT2D eigenvalue weighted by Gasteiger charge is 2.20. The largest absolute Gasteiger partial charge is 0.508 e. The van der Waals surface area contributed by atoms with Gasteiger partial charge in [-0.25, -0.2) is 0 Å². The number of hydrogen-bond donors (Lipinski definition) is 2. The molecule has 0 radical (unpaired) electrons. The van der Waals surface area contributed by atoms with E-state index in [4.69, 9.17) is 0 Å². The lowest BCUT2D eigenvalue weighted by Crippen LogP contribution is -2.17. The Morgan fingerprint density at radius 3 is 2.89 bits per heavy atom. The summed E-state index contributed by atoms with van der Waals surface area (Å²) in [5.41, 5.74) is 3.70. The fraction of sp³-hybridized carbons (Fsp3) is 0.250. The number of fused-ring (bicyclic) bond motifs is 1. The lowest BCUT2D eigenvalue weighted by molar-refractivity contribution is 0.472. The van der Waals surface area contributed by atoms with E-state index in [-0.39, 0.29) is 0 Å². The second kappa shape index (κ2) is 5.25. The van der Waals surface area contributed by atoms with Gasteiger partial charge in [-0.1, -0.05) is 28.1 Å². The van der Waals surface area contributed by atoms with E-state index in [0.29, 0.717) is 11.8 Å². The van der Waals surface area contributed by atoms with E-state index in [9.17, 15) is 5.11 Å². The van der Waals surface area contributed by atoms with Gasteiger partial charge >= 0.3 is 0 Å². The molecule has 1 aliphatic rings. The minimum absolute atomic E-state index is 0.332. The Morgan fingerprint density at radius 2 is 2.05 bits per heavy atom. The summed E-state index contributed by atoms with van der Waals surface area (Å²) in [6.07, 6.45) is 3.34. The van der Waals surface area contributed by atoms with Crippen molar-refractivity contribution in [2.24, 2.45) is 0 Å². The molecule has 0 aliphatic heterocycles. The van der Waals surface area contributed by atoms with Gasteiger partial charge in [0.1, 0.15) is 5.75 Å². The van der Waals surface area contributed by atoms with Gasteiger partial charge in [-0.05, 0) is 60.7 Å². The molecule has 1 atom stereocenters. The average molecular weight is 318 g/mol. The SMILES string of the molecule is Oc1ccc2c(c1)CCCC2Nc1cccc(Br)c1. The molecule has 2 nitrogen and oxygen atoms in total. The molecule has 0 fully saturated rings. The van der Waals surface area contributed by atoms with Gasteiger partial charge in [-0.2, -0.15) is 0 Å². The first-order valence-corrected chi connectivity index (χ1v) is 7.35. The second-order valence-corrected chi connectivity index (χ2v) is 5.90. The third-order valence-corrected chi connectivity index (χ3v) is 4.10. The number of hydrogen-bond acceptors (Lipinski definition) is 2. The number of aromatic hydroxyl groups is 1. The zero-order valence-corrected chi connectivity index (χ0v) is 12.2. The van der Waals surface area contributed by atoms with E-state index >= 15 is 0 Å². The molecule has 98 valence electrons. The molecule has 0 heterocycles. The summed E-state index contributed by atoms with van der Waals surface area (Å²) in [5.74, 6) is 0.363. The number of nitrogens with one attached hydrogen (secondary N) is 1. The Bertz CT molecular complexity index is 597. The van der Waals surface area contributed by atoms with Crippen LogP contribution in [0.5, 0.6) is 5.75 Å². The molecule has 3 rings (SSSR count). The highest BCUT2D eigenvalue weighted by molar-refractivity contribution is 9.10. The van der Waals surface area contributed by atoms with Crippen molar-refractivity contribution in [3.05, 3.63) is 58.1 Å². The van der Waals surface area contributed by atoms with Crippen LogP contribution in [0.25, 0.3) is 0 Å². The number of anilines is 1. The molecule has 0 saturated carbocycles. The Labute approximate surface area is 121 Å². The smallest absolute Gasteiger partial charge is 0.115 e. The molecule has 1 unspecified atom stereocenters. The van der Waals surface area contributed by atoms with Crippen LogP contribution in [-0.2, 0) is 6.42 Å². The van der Waals surface area contributed by atoms with Gasteiger partial charge in [-0.15, -0.1) is 0 Å². The molecule has 0 saturated heterocycles. The van der Waals surface area contributed by atoms with Crippen molar-refractivity contribution in [2.75, 3.05) is 5.32 Å². The molecule has 2 N–H and O–H groups in total. The van der Waals surface area contributed by atoms with E-state index in [1.54, 1.807) is 6.07 Å². The maximum Gasteiger partial charge on any atom is 0.115 e. The third kappa shape index (κ3) is 2.76. The van der Waals surface area contributed by atoms with Gasteiger partial charge in [0.2, 0.25) is 0 Å². The Kier molecular flexibility index (Phi) is 3.47. The van der Waals surface area contributed by atoms with E-state index in [0.717, 1.165) is 29.4 Å². The van der Waals surface area contributed by atoms with Crippen molar-refractivity contribution in [3.63, 3.8) is 0 Å². The van der Waals surface area contributed by atoms with Crippen molar-refractivity contribution in [1.82, 2.24) is 0 Å². The van der Waals surface area contributed by atoms with Crippen molar-refractivity contribution in [2.45, 2.75) is 25.3 Å². The first-order chi connectivity index (χ1) is 9.22. The first-order valence-electron chi connectivity index (χ1n) is 6.56. The fourth-order valence-electron chi connectivity index (χ4n) is 2.73. The number of rotatable bonds is 2. The van der Waals surface area contributed by atoms with Crippen LogP contribution in [0.1, 0.15) is 30.0 Å². The molecule has 1 aliphatic carbocycles. The highest BCUT2D eigenvalue weighted by Crippen LogP contribution is 2.34. The number of benzene rings is 2. The molecular formula is C16H16BrNO. The van der Waals surface area contributed by atoms with Gasteiger partial charge < -0.3 is 10.4 Å². The summed E-state index contributed by atoms with van der Waals surface area (Å²) in [6, 6.07) is 14.3. The fourth-order valence-corrected chi connectivity index (χ4v) is 3.13. The zero-order valence-electron chi connectivity index (χ0n) is 10.6. The van der Waals surface area contributed by atoms with Crippen LogP contribution in [0.3, 0.4) is 0 Å². The van der Waals surface area contributed by atoms with Gasteiger partial charge in [0.05, 0.1) is 6.04 Å². The Morgan fingerprint density at radius 1 is 1.16 bits per heavy atom. The maximum absolute atomic E-state index is 9.57. The number of halogens is 1. The molecule has 2 aromatic carbocycles. The number of phenolic OH excluding ortho intramolecular Hbond substituents is 1. The molecular weight excluding hydrogens is 302 g/mol. The lowest BCUT2D eigenvalue weighted by Gasteiger charge is -2.27. The zero-order chi connectivity index (χ0) is 13.2. The van der Waals surface area contributed by atoms with E-state index in [1.165, 1.54) is 11.1 Å². The molecule has 0 spiro atoms. The van der Waals surface area contributed by atoms with Crippen molar-refractivity contribution in [3.8, 4) is 5.75 Å². The average Bonchev–Trinajstić information content (AvgIpc) is 2.38. The lowest BCUT2D eigenvalue weighted by atomic mass is 9.87. The molecule has 19 heavy (non-hydrogen) atoms. The summed E-state index contributed by atoms with van der Waals surface area (Å²) >= 11 is 3.50.